The first kappa shape index (κ1) is 15.2. The maximum absolute atomic E-state index is 12.2. The normalized spacial score (nSPS) is 12.5. The Labute approximate surface area is 133 Å². The van der Waals surface area contributed by atoms with Crippen molar-refractivity contribution in [3.8, 4) is 0 Å². The Balaban J connectivity index is 1.76. The van der Waals surface area contributed by atoms with Gasteiger partial charge >= 0.3 is 0 Å². The molecule has 0 aliphatic rings. The number of rotatable bonds is 5. The molecule has 1 aromatic carbocycles. The fourth-order valence-electron chi connectivity index (χ4n) is 2.62. The molecule has 3 aromatic rings. The monoisotopic (exact) mass is 313 g/mol. The molecule has 2 heterocycles. The SMILES string of the molecule is CCc1nn(C)c2n[nH]c(NC(=O)CC(O)c3ccccc3)c12. The van der Waals surface area contributed by atoms with Crippen LogP contribution in [-0.2, 0) is 18.3 Å². The van der Waals surface area contributed by atoms with Crippen molar-refractivity contribution in [3.63, 3.8) is 0 Å². The van der Waals surface area contributed by atoms with Crippen molar-refractivity contribution in [3.05, 3.63) is 41.6 Å². The lowest BCUT2D eigenvalue weighted by Crippen LogP contribution is -2.16. The molecule has 7 nitrogen and oxygen atoms in total. The van der Waals surface area contributed by atoms with E-state index in [0.717, 1.165) is 17.5 Å². The van der Waals surface area contributed by atoms with E-state index < -0.39 is 6.10 Å². The summed E-state index contributed by atoms with van der Waals surface area (Å²) in [6.07, 6.45) is -0.118. The van der Waals surface area contributed by atoms with Crippen LogP contribution in [0, 0.1) is 0 Å². The maximum atomic E-state index is 12.2. The number of hydrogen-bond donors (Lipinski definition) is 3. The summed E-state index contributed by atoms with van der Waals surface area (Å²) in [6.45, 7) is 2.00. The van der Waals surface area contributed by atoms with Crippen LogP contribution in [0.15, 0.2) is 30.3 Å². The van der Waals surface area contributed by atoms with E-state index in [-0.39, 0.29) is 12.3 Å². The minimum absolute atomic E-state index is 0.0216. The first-order chi connectivity index (χ1) is 11.1. The molecule has 2 aromatic heterocycles. The Bertz CT molecular complexity index is 822. The second-order valence-corrected chi connectivity index (χ2v) is 5.40. The molecule has 1 amide bonds. The zero-order chi connectivity index (χ0) is 16.4. The smallest absolute Gasteiger partial charge is 0.228 e. The van der Waals surface area contributed by atoms with Gasteiger partial charge in [-0.2, -0.15) is 10.2 Å². The van der Waals surface area contributed by atoms with Gasteiger partial charge < -0.3 is 10.4 Å². The lowest BCUT2D eigenvalue weighted by atomic mass is 10.1. The topological polar surface area (TPSA) is 95.8 Å². The average molecular weight is 313 g/mol. The lowest BCUT2D eigenvalue weighted by Gasteiger charge is -2.10. The van der Waals surface area contributed by atoms with Crippen molar-refractivity contribution in [1.29, 1.82) is 0 Å². The van der Waals surface area contributed by atoms with Gasteiger partial charge in [0.05, 0.1) is 23.6 Å². The van der Waals surface area contributed by atoms with E-state index in [0.29, 0.717) is 17.0 Å². The van der Waals surface area contributed by atoms with Crippen LogP contribution in [0.25, 0.3) is 11.0 Å². The summed E-state index contributed by atoms with van der Waals surface area (Å²) in [6, 6.07) is 9.12. The number of nitrogens with zero attached hydrogens (tertiary/aromatic N) is 3. The minimum Gasteiger partial charge on any atom is -0.388 e. The number of nitrogens with one attached hydrogen (secondary N) is 2. The summed E-state index contributed by atoms with van der Waals surface area (Å²) in [5.74, 6) is 0.244. The zero-order valence-corrected chi connectivity index (χ0v) is 13.1. The molecule has 0 bridgehead atoms. The molecule has 0 radical (unpaired) electrons. The summed E-state index contributed by atoms with van der Waals surface area (Å²) in [4.78, 5) is 12.2. The molecule has 3 N–H and O–H groups in total. The lowest BCUT2D eigenvalue weighted by molar-refractivity contribution is -0.118. The van der Waals surface area contributed by atoms with E-state index in [1.807, 2.05) is 32.2 Å². The number of aryl methyl sites for hydroxylation is 2. The van der Waals surface area contributed by atoms with Gasteiger partial charge in [0.15, 0.2) is 5.65 Å². The van der Waals surface area contributed by atoms with E-state index in [1.54, 1.807) is 16.8 Å². The number of aliphatic hydroxyl groups excluding tert-OH is 1. The van der Waals surface area contributed by atoms with Gasteiger partial charge in [0.1, 0.15) is 5.82 Å². The average Bonchev–Trinajstić information content (AvgIpc) is 3.10. The van der Waals surface area contributed by atoms with Crippen LogP contribution in [0.4, 0.5) is 5.82 Å². The van der Waals surface area contributed by atoms with Crippen LogP contribution in [0.3, 0.4) is 0 Å². The van der Waals surface area contributed by atoms with Gasteiger partial charge in [-0.3, -0.25) is 9.89 Å². The van der Waals surface area contributed by atoms with Crippen LogP contribution >= 0.6 is 0 Å². The Morgan fingerprint density at radius 1 is 1.39 bits per heavy atom. The van der Waals surface area contributed by atoms with E-state index in [1.165, 1.54) is 0 Å². The van der Waals surface area contributed by atoms with Crippen LogP contribution in [0.1, 0.15) is 30.7 Å². The molecule has 1 unspecified atom stereocenters. The third-order valence-corrected chi connectivity index (χ3v) is 3.78. The Morgan fingerprint density at radius 2 is 2.13 bits per heavy atom. The Morgan fingerprint density at radius 3 is 2.83 bits per heavy atom. The number of aliphatic hydroxyl groups is 1. The molecule has 120 valence electrons. The van der Waals surface area contributed by atoms with E-state index >= 15 is 0 Å². The van der Waals surface area contributed by atoms with Gasteiger partial charge in [0.25, 0.3) is 0 Å². The van der Waals surface area contributed by atoms with Gasteiger partial charge in [-0.25, -0.2) is 4.68 Å². The van der Waals surface area contributed by atoms with Crippen molar-refractivity contribution < 1.29 is 9.90 Å². The molecule has 3 rings (SSSR count). The van der Waals surface area contributed by atoms with Crippen molar-refractivity contribution in [2.45, 2.75) is 25.9 Å². The van der Waals surface area contributed by atoms with Crippen LogP contribution < -0.4 is 5.32 Å². The summed E-state index contributed by atoms with van der Waals surface area (Å²) in [5, 5.41) is 25.1. The summed E-state index contributed by atoms with van der Waals surface area (Å²) >= 11 is 0. The molecule has 0 aliphatic heterocycles. The molecule has 1 atom stereocenters. The molecule has 23 heavy (non-hydrogen) atoms. The maximum Gasteiger partial charge on any atom is 0.228 e. The molecule has 0 spiro atoms. The number of carbonyl (C=O) groups is 1. The molecule has 0 saturated carbocycles. The number of carbonyl (C=O) groups excluding carboxylic acids is 1. The number of benzene rings is 1. The molecule has 0 saturated heterocycles. The Kier molecular flexibility index (Phi) is 4.12. The van der Waals surface area contributed by atoms with E-state index in [2.05, 4.69) is 20.6 Å². The number of fused-ring (bicyclic) bond motifs is 1. The molecule has 0 aliphatic carbocycles. The van der Waals surface area contributed by atoms with Crippen molar-refractivity contribution in [2.24, 2.45) is 7.05 Å². The van der Waals surface area contributed by atoms with Gasteiger partial charge in [0, 0.05) is 7.05 Å². The molecular weight excluding hydrogens is 294 g/mol. The number of aromatic nitrogens is 4. The Hall–Kier alpha value is -2.67. The standard InChI is InChI=1S/C16H19N5O2/c1-3-11-14-15(18-19-16(14)21(2)20-11)17-13(23)9-12(22)10-7-5-4-6-8-10/h4-8,12,22H,3,9H2,1-2H3,(H2,17,18,19,23). The van der Waals surface area contributed by atoms with E-state index in [4.69, 9.17) is 0 Å². The fourth-order valence-corrected chi connectivity index (χ4v) is 2.62. The van der Waals surface area contributed by atoms with Gasteiger partial charge in [-0.05, 0) is 12.0 Å². The van der Waals surface area contributed by atoms with Gasteiger partial charge in [0.2, 0.25) is 5.91 Å². The van der Waals surface area contributed by atoms with Crippen molar-refractivity contribution >= 4 is 22.8 Å². The number of hydrogen-bond acceptors (Lipinski definition) is 4. The highest BCUT2D eigenvalue weighted by Crippen LogP contribution is 2.25. The van der Waals surface area contributed by atoms with Gasteiger partial charge in [-0.15, -0.1) is 0 Å². The van der Waals surface area contributed by atoms with Crippen LogP contribution in [0.5, 0.6) is 0 Å². The number of H-pyrrole nitrogens is 1. The third-order valence-electron chi connectivity index (χ3n) is 3.78. The van der Waals surface area contributed by atoms with Crippen molar-refractivity contribution in [2.75, 3.05) is 5.32 Å². The third kappa shape index (κ3) is 2.95. The quantitative estimate of drug-likeness (QED) is 0.670. The first-order valence-corrected chi connectivity index (χ1v) is 7.53. The van der Waals surface area contributed by atoms with Crippen molar-refractivity contribution in [1.82, 2.24) is 20.0 Å². The van der Waals surface area contributed by atoms with Crippen LogP contribution in [0.2, 0.25) is 0 Å². The first-order valence-electron chi connectivity index (χ1n) is 7.53. The molecule has 0 fully saturated rings. The highest BCUT2D eigenvalue weighted by Gasteiger charge is 2.18. The minimum atomic E-state index is -0.839. The summed E-state index contributed by atoms with van der Waals surface area (Å²) < 4.78 is 1.68. The second kappa shape index (κ2) is 6.21. The van der Waals surface area contributed by atoms with Gasteiger partial charge in [-0.1, -0.05) is 37.3 Å². The summed E-state index contributed by atoms with van der Waals surface area (Å²) in [7, 11) is 1.81. The largest absolute Gasteiger partial charge is 0.388 e. The highest BCUT2D eigenvalue weighted by atomic mass is 16.3. The number of anilines is 1. The second-order valence-electron chi connectivity index (χ2n) is 5.40. The highest BCUT2D eigenvalue weighted by molar-refractivity contribution is 6.00. The molecular formula is C16H19N5O2. The zero-order valence-electron chi connectivity index (χ0n) is 13.1. The predicted octanol–water partition coefficient (Wildman–Crippen LogP) is 1.92. The predicted molar refractivity (Wildman–Crippen MR) is 86.9 cm³/mol. The fraction of sp³-hybridized carbons (Fsp3) is 0.312. The van der Waals surface area contributed by atoms with E-state index in [9.17, 15) is 9.90 Å². The number of amides is 1. The van der Waals surface area contributed by atoms with Crippen LogP contribution in [-0.4, -0.2) is 31.0 Å². The number of aromatic amines is 1. The molecule has 7 heteroatoms. The summed E-state index contributed by atoms with van der Waals surface area (Å²) in [5.41, 5.74) is 2.28.